The molecule has 0 aliphatic heterocycles. The van der Waals surface area contributed by atoms with Crippen molar-refractivity contribution < 1.29 is 4.79 Å². The van der Waals surface area contributed by atoms with Gasteiger partial charge in [-0.05, 0) is 57.2 Å². The van der Waals surface area contributed by atoms with E-state index in [0.29, 0.717) is 15.9 Å². The molecule has 1 aliphatic carbocycles. The van der Waals surface area contributed by atoms with Crippen molar-refractivity contribution >= 4 is 33.1 Å². The summed E-state index contributed by atoms with van der Waals surface area (Å²) in [6.45, 7) is 3.66. The number of hydrogen-bond acceptors (Lipinski definition) is 5. The zero-order valence-electron chi connectivity index (χ0n) is 14.8. The van der Waals surface area contributed by atoms with Crippen molar-refractivity contribution in [3.05, 3.63) is 50.6 Å². The van der Waals surface area contributed by atoms with Gasteiger partial charge < -0.3 is 5.32 Å². The molecule has 0 saturated heterocycles. The first-order valence-corrected chi connectivity index (χ1v) is 9.63. The predicted molar refractivity (Wildman–Crippen MR) is 103 cm³/mol. The van der Waals surface area contributed by atoms with Crippen LogP contribution < -0.4 is 10.9 Å². The summed E-state index contributed by atoms with van der Waals surface area (Å²) in [7, 11) is 0. The molecule has 0 fully saturated rings. The quantitative estimate of drug-likeness (QED) is 0.770. The first-order valence-electron chi connectivity index (χ1n) is 8.82. The summed E-state index contributed by atoms with van der Waals surface area (Å²) in [6, 6.07) is 6.80. The largest absolute Gasteiger partial charge is 0.324 e. The fourth-order valence-electron chi connectivity index (χ4n) is 3.33. The number of rotatable bonds is 3. The van der Waals surface area contributed by atoms with E-state index in [-0.39, 0.29) is 11.5 Å². The number of aryl methyl sites for hydroxylation is 3. The molecule has 6 nitrogen and oxygen atoms in total. The summed E-state index contributed by atoms with van der Waals surface area (Å²) >= 11 is 1.56. The Bertz CT molecular complexity index is 1040. The minimum atomic E-state index is -0.736. The van der Waals surface area contributed by atoms with Gasteiger partial charge in [0.05, 0.1) is 5.39 Å². The average Bonchev–Trinajstić information content (AvgIpc) is 3.02. The maximum absolute atomic E-state index is 13.0. The van der Waals surface area contributed by atoms with E-state index in [4.69, 9.17) is 0 Å². The molecule has 1 aromatic carbocycles. The molecule has 1 aliphatic rings. The van der Waals surface area contributed by atoms with E-state index < -0.39 is 6.04 Å². The van der Waals surface area contributed by atoms with Crippen LogP contribution >= 0.6 is 11.3 Å². The normalized spacial score (nSPS) is 14.8. The summed E-state index contributed by atoms with van der Waals surface area (Å²) in [5, 5.41) is 11.7. The number of hydrogen-bond donors (Lipinski definition) is 1. The SMILES string of the molecule is Cc1ccc(NC(=O)[C@@H](C)n2nnc3sc4c(c3c2=O)CCCC4)cc1. The molecule has 0 bridgehead atoms. The summed E-state index contributed by atoms with van der Waals surface area (Å²) in [5.74, 6) is -0.284. The van der Waals surface area contributed by atoms with E-state index in [9.17, 15) is 9.59 Å². The molecule has 4 rings (SSSR count). The Balaban J connectivity index is 1.67. The molecule has 2 heterocycles. The molecule has 1 N–H and O–H groups in total. The summed E-state index contributed by atoms with van der Waals surface area (Å²) in [6.07, 6.45) is 4.14. The zero-order chi connectivity index (χ0) is 18.3. The van der Waals surface area contributed by atoms with Gasteiger partial charge in [0.15, 0.2) is 4.83 Å². The third-order valence-electron chi connectivity index (χ3n) is 4.87. The lowest BCUT2D eigenvalue weighted by atomic mass is 9.97. The molecular formula is C19H20N4O2S. The van der Waals surface area contributed by atoms with Crippen LogP contribution in [0.2, 0.25) is 0 Å². The lowest BCUT2D eigenvalue weighted by Gasteiger charge is -2.14. The van der Waals surface area contributed by atoms with Crippen molar-refractivity contribution in [3.63, 3.8) is 0 Å². The van der Waals surface area contributed by atoms with Crippen LogP contribution in [0.4, 0.5) is 5.69 Å². The van der Waals surface area contributed by atoms with Gasteiger partial charge in [0.25, 0.3) is 5.56 Å². The molecule has 134 valence electrons. The first kappa shape index (κ1) is 16.9. The van der Waals surface area contributed by atoms with Crippen LogP contribution in [0.1, 0.15) is 41.8 Å². The van der Waals surface area contributed by atoms with Crippen molar-refractivity contribution in [1.29, 1.82) is 0 Å². The van der Waals surface area contributed by atoms with E-state index in [1.807, 2.05) is 31.2 Å². The monoisotopic (exact) mass is 368 g/mol. The summed E-state index contributed by atoms with van der Waals surface area (Å²) < 4.78 is 1.20. The number of benzene rings is 1. The lowest BCUT2D eigenvalue weighted by Crippen LogP contribution is -2.34. The molecule has 0 saturated carbocycles. The third-order valence-corrected chi connectivity index (χ3v) is 6.05. The Morgan fingerprint density at radius 3 is 2.73 bits per heavy atom. The fraction of sp³-hybridized carbons (Fsp3) is 0.368. The molecule has 0 unspecified atom stereocenters. The molecule has 3 aromatic rings. The van der Waals surface area contributed by atoms with Crippen LogP contribution in [0.25, 0.3) is 10.2 Å². The maximum atomic E-state index is 13.0. The third kappa shape index (κ3) is 2.92. The molecular weight excluding hydrogens is 348 g/mol. The minimum Gasteiger partial charge on any atom is -0.324 e. The molecule has 2 aromatic heterocycles. The van der Waals surface area contributed by atoms with Gasteiger partial charge in [0.1, 0.15) is 6.04 Å². The van der Waals surface area contributed by atoms with Gasteiger partial charge in [-0.1, -0.05) is 22.9 Å². The van der Waals surface area contributed by atoms with Crippen molar-refractivity contribution in [2.24, 2.45) is 0 Å². The number of amides is 1. The number of carbonyl (C=O) groups is 1. The summed E-state index contributed by atoms with van der Waals surface area (Å²) in [5.41, 5.74) is 2.70. The van der Waals surface area contributed by atoms with E-state index in [1.165, 1.54) is 9.56 Å². The van der Waals surface area contributed by atoms with E-state index in [2.05, 4.69) is 15.6 Å². The summed E-state index contributed by atoms with van der Waals surface area (Å²) in [4.78, 5) is 27.5. The van der Waals surface area contributed by atoms with E-state index >= 15 is 0 Å². The minimum absolute atomic E-state index is 0.221. The van der Waals surface area contributed by atoms with Crippen LogP contribution in [0.5, 0.6) is 0 Å². The average molecular weight is 368 g/mol. The second kappa shape index (κ2) is 6.64. The van der Waals surface area contributed by atoms with Crippen LogP contribution in [0.15, 0.2) is 29.1 Å². The van der Waals surface area contributed by atoms with Gasteiger partial charge in [0, 0.05) is 10.6 Å². The van der Waals surface area contributed by atoms with Gasteiger partial charge in [-0.3, -0.25) is 9.59 Å². The van der Waals surface area contributed by atoms with Crippen LogP contribution in [0.3, 0.4) is 0 Å². The van der Waals surface area contributed by atoms with Crippen molar-refractivity contribution in [2.75, 3.05) is 5.32 Å². The van der Waals surface area contributed by atoms with Crippen LogP contribution in [-0.4, -0.2) is 20.9 Å². The Kier molecular flexibility index (Phi) is 4.32. The number of aromatic nitrogens is 3. The molecule has 0 spiro atoms. The van der Waals surface area contributed by atoms with Crippen molar-refractivity contribution in [1.82, 2.24) is 15.0 Å². The highest BCUT2D eigenvalue weighted by atomic mass is 32.1. The number of nitrogens with one attached hydrogen (secondary N) is 1. The second-order valence-corrected chi connectivity index (χ2v) is 7.85. The topological polar surface area (TPSA) is 76.9 Å². The Morgan fingerprint density at radius 2 is 1.96 bits per heavy atom. The Labute approximate surface area is 154 Å². The highest BCUT2D eigenvalue weighted by Gasteiger charge is 2.24. The second-order valence-electron chi connectivity index (χ2n) is 6.76. The van der Waals surface area contributed by atoms with Gasteiger partial charge in [0.2, 0.25) is 5.91 Å². The zero-order valence-corrected chi connectivity index (χ0v) is 15.6. The Morgan fingerprint density at radius 1 is 1.23 bits per heavy atom. The smallest absolute Gasteiger partial charge is 0.279 e. The molecule has 0 radical (unpaired) electrons. The van der Waals surface area contributed by atoms with Crippen molar-refractivity contribution in [2.45, 2.75) is 45.6 Å². The highest BCUT2D eigenvalue weighted by Crippen LogP contribution is 2.33. The number of carbonyl (C=O) groups excluding carboxylic acids is 1. The first-order chi connectivity index (χ1) is 12.5. The number of thiophene rings is 1. The Hall–Kier alpha value is -2.54. The molecule has 1 amide bonds. The molecule has 26 heavy (non-hydrogen) atoms. The van der Waals surface area contributed by atoms with Crippen LogP contribution in [-0.2, 0) is 17.6 Å². The predicted octanol–water partition coefficient (Wildman–Crippen LogP) is 3.24. The maximum Gasteiger partial charge on any atom is 0.279 e. The molecule has 1 atom stereocenters. The number of fused-ring (bicyclic) bond motifs is 3. The number of nitrogens with zero attached hydrogens (tertiary/aromatic N) is 3. The van der Waals surface area contributed by atoms with E-state index in [0.717, 1.165) is 36.8 Å². The molecule has 7 heteroatoms. The van der Waals surface area contributed by atoms with E-state index in [1.54, 1.807) is 18.3 Å². The van der Waals surface area contributed by atoms with Gasteiger partial charge >= 0.3 is 0 Å². The lowest BCUT2D eigenvalue weighted by molar-refractivity contribution is -0.119. The van der Waals surface area contributed by atoms with Crippen LogP contribution in [0, 0.1) is 6.92 Å². The highest BCUT2D eigenvalue weighted by molar-refractivity contribution is 7.18. The van der Waals surface area contributed by atoms with Gasteiger partial charge in [-0.25, -0.2) is 0 Å². The van der Waals surface area contributed by atoms with Gasteiger partial charge in [-0.2, -0.15) is 4.68 Å². The van der Waals surface area contributed by atoms with Crippen molar-refractivity contribution in [3.8, 4) is 0 Å². The van der Waals surface area contributed by atoms with Gasteiger partial charge in [-0.15, -0.1) is 16.4 Å². The standard InChI is InChI=1S/C19H20N4O2S/c1-11-7-9-13(10-8-11)20-17(24)12(2)23-19(25)16-14-5-3-4-6-15(14)26-18(16)21-22-23/h7-10,12H,3-6H2,1-2H3,(H,20,24)/t12-/m1/s1. The number of anilines is 1. The fourth-order valence-corrected chi connectivity index (χ4v) is 4.53.